The van der Waals surface area contributed by atoms with Crippen molar-refractivity contribution in [2.24, 2.45) is 17.7 Å². The number of nitrogens with one attached hydrogen (secondary N) is 1. The van der Waals surface area contributed by atoms with Crippen LogP contribution in [0.4, 0.5) is 0 Å². The summed E-state index contributed by atoms with van der Waals surface area (Å²) in [6, 6.07) is 2.67. The number of nitrogens with two attached hydrogens (primary N) is 1. The van der Waals surface area contributed by atoms with Crippen LogP contribution in [0.2, 0.25) is 0 Å². The predicted molar refractivity (Wildman–Crippen MR) is 74.9 cm³/mol. The summed E-state index contributed by atoms with van der Waals surface area (Å²) in [7, 11) is 0. The van der Waals surface area contributed by atoms with E-state index < -0.39 is 0 Å². The molecule has 3 N–H and O–H groups in total. The van der Waals surface area contributed by atoms with E-state index in [1.165, 1.54) is 37.7 Å². The van der Waals surface area contributed by atoms with E-state index in [4.69, 9.17) is 5.84 Å². The summed E-state index contributed by atoms with van der Waals surface area (Å²) in [5.41, 5.74) is 4.51. The van der Waals surface area contributed by atoms with E-state index in [0.717, 1.165) is 18.3 Å². The zero-order valence-corrected chi connectivity index (χ0v) is 11.5. The van der Waals surface area contributed by atoms with Gasteiger partial charge >= 0.3 is 0 Å². The molecule has 1 aliphatic rings. The highest BCUT2D eigenvalue weighted by atomic mass is 32.1. The van der Waals surface area contributed by atoms with Crippen molar-refractivity contribution in [1.82, 2.24) is 5.43 Å². The van der Waals surface area contributed by atoms with Crippen molar-refractivity contribution in [3.8, 4) is 0 Å². The van der Waals surface area contributed by atoms with Gasteiger partial charge in [0.1, 0.15) is 0 Å². The second-order valence-corrected chi connectivity index (χ2v) is 6.01. The van der Waals surface area contributed by atoms with Crippen LogP contribution in [-0.2, 0) is 6.42 Å². The Balaban J connectivity index is 2.00. The smallest absolute Gasteiger partial charge is 0.0282 e. The summed E-state index contributed by atoms with van der Waals surface area (Å²) in [4.78, 5) is 0. The lowest BCUT2D eigenvalue weighted by Gasteiger charge is -2.36. The van der Waals surface area contributed by atoms with E-state index in [9.17, 15) is 0 Å². The van der Waals surface area contributed by atoms with Crippen LogP contribution in [0.25, 0.3) is 0 Å². The molecule has 1 aromatic rings. The van der Waals surface area contributed by atoms with Crippen LogP contribution in [0, 0.1) is 11.8 Å². The number of rotatable bonds is 5. The van der Waals surface area contributed by atoms with Gasteiger partial charge in [0.05, 0.1) is 0 Å². The molecule has 17 heavy (non-hydrogen) atoms. The summed E-state index contributed by atoms with van der Waals surface area (Å²) in [5, 5.41) is 4.40. The predicted octanol–water partition coefficient (Wildman–Crippen LogP) is 3.34. The average molecular weight is 252 g/mol. The Morgan fingerprint density at radius 2 is 2.29 bits per heavy atom. The maximum absolute atomic E-state index is 5.79. The van der Waals surface area contributed by atoms with Gasteiger partial charge in [-0.05, 0) is 47.1 Å². The third-order valence-corrected chi connectivity index (χ3v) is 4.99. The first-order chi connectivity index (χ1) is 8.35. The van der Waals surface area contributed by atoms with Crippen molar-refractivity contribution < 1.29 is 0 Å². The maximum Gasteiger partial charge on any atom is 0.0282 e. The van der Waals surface area contributed by atoms with Gasteiger partial charge in [-0.1, -0.05) is 32.6 Å². The highest BCUT2D eigenvalue weighted by Gasteiger charge is 2.30. The summed E-state index contributed by atoms with van der Waals surface area (Å²) in [6.07, 6.45) is 7.90. The average Bonchev–Trinajstić information content (AvgIpc) is 2.89. The molecule has 1 fully saturated rings. The molecule has 3 atom stereocenters. The second-order valence-electron chi connectivity index (χ2n) is 5.23. The zero-order valence-electron chi connectivity index (χ0n) is 10.7. The third-order valence-electron chi connectivity index (χ3n) is 4.26. The third kappa shape index (κ3) is 3.30. The zero-order chi connectivity index (χ0) is 12.1. The Morgan fingerprint density at radius 1 is 1.47 bits per heavy atom. The van der Waals surface area contributed by atoms with Crippen LogP contribution in [0.3, 0.4) is 0 Å². The van der Waals surface area contributed by atoms with Gasteiger partial charge in [-0.3, -0.25) is 11.3 Å². The fourth-order valence-electron chi connectivity index (χ4n) is 3.27. The summed E-state index contributed by atoms with van der Waals surface area (Å²) in [5.74, 6) is 7.42. The molecule has 3 heteroatoms. The van der Waals surface area contributed by atoms with Gasteiger partial charge in [0.25, 0.3) is 0 Å². The molecule has 0 aromatic carbocycles. The van der Waals surface area contributed by atoms with Crippen molar-refractivity contribution in [2.45, 2.75) is 51.5 Å². The highest BCUT2D eigenvalue weighted by Crippen LogP contribution is 2.35. The van der Waals surface area contributed by atoms with Crippen LogP contribution in [-0.4, -0.2) is 6.04 Å². The number of hydrogen-bond donors (Lipinski definition) is 2. The van der Waals surface area contributed by atoms with E-state index >= 15 is 0 Å². The quantitative estimate of drug-likeness (QED) is 0.623. The van der Waals surface area contributed by atoms with Gasteiger partial charge in [-0.15, -0.1) is 0 Å². The van der Waals surface area contributed by atoms with Crippen molar-refractivity contribution in [1.29, 1.82) is 0 Å². The molecule has 0 spiro atoms. The number of thiophene rings is 1. The molecule has 0 amide bonds. The molecular weight excluding hydrogens is 228 g/mol. The topological polar surface area (TPSA) is 38.0 Å². The first kappa shape index (κ1) is 13.1. The summed E-state index contributed by atoms with van der Waals surface area (Å²) >= 11 is 1.78. The van der Waals surface area contributed by atoms with Crippen LogP contribution in [0.1, 0.15) is 44.6 Å². The molecule has 1 aliphatic carbocycles. The second kappa shape index (κ2) is 6.53. The lowest BCUT2D eigenvalue weighted by Crippen LogP contribution is -2.46. The van der Waals surface area contributed by atoms with E-state index in [2.05, 4.69) is 29.2 Å². The molecular formula is C14H24N2S. The summed E-state index contributed by atoms with van der Waals surface area (Å²) in [6.45, 7) is 2.32. The van der Waals surface area contributed by atoms with Gasteiger partial charge in [0, 0.05) is 6.04 Å². The normalized spacial score (nSPS) is 26.9. The van der Waals surface area contributed by atoms with Gasteiger partial charge in [-0.25, -0.2) is 0 Å². The minimum absolute atomic E-state index is 0.454. The van der Waals surface area contributed by atoms with Crippen molar-refractivity contribution in [3.05, 3.63) is 22.4 Å². The Hall–Kier alpha value is -0.380. The van der Waals surface area contributed by atoms with Gasteiger partial charge in [0.2, 0.25) is 0 Å². The Labute approximate surface area is 109 Å². The van der Waals surface area contributed by atoms with E-state index in [-0.39, 0.29) is 0 Å². The summed E-state index contributed by atoms with van der Waals surface area (Å²) < 4.78 is 0. The van der Waals surface area contributed by atoms with Gasteiger partial charge in [0.15, 0.2) is 0 Å². The number of hydrazine groups is 1. The molecule has 2 nitrogen and oxygen atoms in total. The van der Waals surface area contributed by atoms with Crippen molar-refractivity contribution in [2.75, 3.05) is 0 Å². The minimum atomic E-state index is 0.454. The van der Waals surface area contributed by atoms with Crippen molar-refractivity contribution >= 4 is 11.3 Å². The van der Waals surface area contributed by atoms with E-state index in [1.54, 1.807) is 11.3 Å². The van der Waals surface area contributed by atoms with Crippen LogP contribution in [0.5, 0.6) is 0 Å². The molecule has 1 aromatic heterocycles. The molecule has 1 heterocycles. The van der Waals surface area contributed by atoms with E-state index in [0.29, 0.717) is 6.04 Å². The molecule has 3 unspecified atom stereocenters. The molecule has 0 aliphatic heterocycles. The van der Waals surface area contributed by atoms with Crippen molar-refractivity contribution in [3.63, 3.8) is 0 Å². The van der Waals surface area contributed by atoms with Gasteiger partial charge < -0.3 is 0 Å². The van der Waals surface area contributed by atoms with Crippen LogP contribution < -0.4 is 11.3 Å². The maximum atomic E-state index is 5.79. The fraction of sp³-hybridized carbons (Fsp3) is 0.714. The SMILES string of the molecule is CCC1CCCCC1C(Cc1ccsc1)NN. The van der Waals surface area contributed by atoms with Crippen LogP contribution in [0.15, 0.2) is 16.8 Å². The molecule has 96 valence electrons. The van der Waals surface area contributed by atoms with E-state index in [1.807, 2.05) is 0 Å². The largest absolute Gasteiger partial charge is 0.271 e. The molecule has 0 radical (unpaired) electrons. The number of hydrogen-bond acceptors (Lipinski definition) is 3. The standard InChI is InChI=1S/C14H24N2S/c1-2-12-5-3-4-6-13(12)14(16-15)9-11-7-8-17-10-11/h7-8,10,12-14,16H,2-6,9,15H2,1H3. The van der Waals surface area contributed by atoms with Crippen LogP contribution >= 0.6 is 11.3 Å². The first-order valence-electron chi connectivity index (χ1n) is 6.82. The Bertz CT molecular complexity index is 310. The first-order valence-corrected chi connectivity index (χ1v) is 7.76. The molecule has 1 saturated carbocycles. The minimum Gasteiger partial charge on any atom is -0.271 e. The monoisotopic (exact) mass is 252 g/mol. The molecule has 0 bridgehead atoms. The highest BCUT2D eigenvalue weighted by molar-refractivity contribution is 7.07. The fourth-order valence-corrected chi connectivity index (χ4v) is 3.95. The molecule has 0 saturated heterocycles. The Kier molecular flexibility index (Phi) is 5.01. The van der Waals surface area contributed by atoms with Gasteiger partial charge in [-0.2, -0.15) is 11.3 Å². The Morgan fingerprint density at radius 3 is 2.94 bits per heavy atom. The molecule has 2 rings (SSSR count). The lowest BCUT2D eigenvalue weighted by atomic mass is 9.73. The lowest BCUT2D eigenvalue weighted by molar-refractivity contribution is 0.174.